The standard InChI is InChI=1S/C45H72N8O7/c1-3-4-5-6-7-8-9-10-11-12-13-14-18-23-42(58)52-39(31-54)40(56)24-25-43(59)51-38(29-36-30-48-32-50-36)41(57)28-35(27-34-20-16-15-17-21-34)44(60)53-37(33(2)55)22-19-26-49-45(46)47/h15-17,20-21,30,32,35,37-39,54H,3-14,18-19,22-29,31H2,1-2H3,(H,48,50)(H,51,59)(H,52,58)(H,53,60)(H4,46,47,49)/t35-,37+,38+,39+/m1/s1. The second kappa shape index (κ2) is 31.0. The van der Waals surface area contributed by atoms with Crippen molar-refractivity contribution in [1.82, 2.24) is 25.9 Å². The summed E-state index contributed by atoms with van der Waals surface area (Å²) >= 11 is 0. The molecular weight excluding hydrogens is 765 g/mol. The van der Waals surface area contributed by atoms with Crippen molar-refractivity contribution in [2.75, 3.05) is 13.2 Å². The molecule has 3 amide bonds. The number of ketones is 3. The Morgan fingerprint density at radius 2 is 1.32 bits per heavy atom. The Balaban J connectivity index is 1.93. The number of aliphatic hydroxyl groups excluding tert-OH is 1. The summed E-state index contributed by atoms with van der Waals surface area (Å²) in [7, 11) is 0. The Morgan fingerprint density at radius 3 is 1.88 bits per heavy atom. The van der Waals surface area contributed by atoms with Crippen LogP contribution in [0.4, 0.5) is 0 Å². The maximum absolute atomic E-state index is 14.0. The first-order chi connectivity index (χ1) is 28.9. The molecule has 1 heterocycles. The summed E-state index contributed by atoms with van der Waals surface area (Å²) in [4.78, 5) is 89.9. The lowest BCUT2D eigenvalue weighted by molar-refractivity contribution is -0.133. The number of hydrogen-bond acceptors (Lipinski definition) is 9. The molecule has 0 bridgehead atoms. The van der Waals surface area contributed by atoms with Crippen LogP contribution in [0.2, 0.25) is 0 Å². The summed E-state index contributed by atoms with van der Waals surface area (Å²) in [5, 5.41) is 18.0. The highest BCUT2D eigenvalue weighted by Crippen LogP contribution is 2.18. The minimum absolute atomic E-state index is 0.0492. The van der Waals surface area contributed by atoms with Crippen molar-refractivity contribution in [2.24, 2.45) is 22.4 Å². The molecule has 1 aromatic carbocycles. The zero-order chi connectivity index (χ0) is 44.0. The van der Waals surface area contributed by atoms with Crippen molar-refractivity contribution < 1.29 is 33.9 Å². The van der Waals surface area contributed by atoms with E-state index in [2.05, 4.69) is 37.8 Å². The number of aliphatic imine (C=N–C) groups is 1. The molecule has 0 unspecified atom stereocenters. The van der Waals surface area contributed by atoms with Crippen LogP contribution in [0.5, 0.6) is 0 Å². The number of amides is 3. The molecule has 15 nitrogen and oxygen atoms in total. The van der Waals surface area contributed by atoms with Crippen LogP contribution in [0.3, 0.4) is 0 Å². The van der Waals surface area contributed by atoms with Crippen LogP contribution in [-0.2, 0) is 41.6 Å². The number of carbonyl (C=O) groups excluding carboxylic acids is 6. The van der Waals surface area contributed by atoms with Crippen LogP contribution in [0.15, 0.2) is 47.8 Å². The second-order valence-electron chi connectivity index (χ2n) is 15.8. The van der Waals surface area contributed by atoms with E-state index in [0.717, 1.165) is 24.8 Å². The molecule has 15 heteroatoms. The van der Waals surface area contributed by atoms with Crippen LogP contribution in [0.25, 0.3) is 0 Å². The third-order valence-electron chi connectivity index (χ3n) is 10.6. The van der Waals surface area contributed by atoms with Gasteiger partial charge in [-0.1, -0.05) is 114 Å². The summed E-state index contributed by atoms with van der Waals surface area (Å²) in [5.74, 6) is -3.53. The predicted molar refractivity (Wildman–Crippen MR) is 234 cm³/mol. The molecule has 1 aromatic heterocycles. The van der Waals surface area contributed by atoms with E-state index in [0.29, 0.717) is 25.0 Å². The van der Waals surface area contributed by atoms with E-state index in [1.54, 1.807) is 0 Å². The summed E-state index contributed by atoms with van der Waals surface area (Å²) in [6.07, 6.45) is 18.8. The lowest BCUT2D eigenvalue weighted by atomic mass is 9.89. The van der Waals surface area contributed by atoms with Gasteiger partial charge in [-0.2, -0.15) is 0 Å². The number of Topliss-reactive ketones (excluding diaryl/α,β-unsaturated/α-hetero) is 3. The van der Waals surface area contributed by atoms with E-state index >= 15 is 0 Å². The molecule has 60 heavy (non-hydrogen) atoms. The van der Waals surface area contributed by atoms with Crippen LogP contribution in [0.1, 0.15) is 147 Å². The molecule has 0 saturated heterocycles. The molecule has 0 radical (unpaired) electrons. The van der Waals surface area contributed by atoms with Gasteiger partial charge in [0.15, 0.2) is 23.3 Å². The topological polar surface area (TPSA) is 252 Å². The zero-order valence-corrected chi connectivity index (χ0v) is 36.1. The molecule has 0 saturated carbocycles. The van der Waals surface area contributed by atoms with Gasteiger partial charge in [0, 0.05) is 56.5 Å². The molecular formula is C45H72N8O7. The van der Waals surface area contributed by atoms with Crippen LogP contribution in [0, 0.1) is 5.92 Å². The lowest BCUT2D eigenvalue weighted by Crippen LogP contribution is -2.47. The average Bonchev–Trinajstić information content (AvgIpc) is 3.74. The van der Waals surface area contributed by atoms with Crippen molar-refractivity contribution in [2.45, 2.75) is 167 Å². The van der Waals surface area contributed by atoms with Gasteiger partial charge in [-0.25, -0.2) is 4.98 Å². The van der Waals surface area contributed by atoms with E-state index in [4.69, 9.17) is 11.5 Å². The SMILES string of the molecule is CCCCCCCCCCCCCCCC(=O)N[C@@H](CO)C(=O)CCC(=O)N[C@@H](Cc1cnc[nH]1)C(=O)C[C@@H](Cc1ccccc1)C(=O)N[C@@H](CCCN=C(N)N)C(C)=O. The largest absolute Gasteiger partial charge is 0.394 e. The summed E-state index contributed by atoms with van der Waals surface area (Å²) in [6.45, 7) is 3.29. The number of nitrogens with one attached hydrogen (secondary N) is 4. The number of hydrogen-bond donors (Lipinski definition) is 7. The minimum atomic E-state index is -1.14. The Kier molecular flexibility index (Phi) is 26.5. The van der Waals surface area contributed by atoms with Crippen molar-refractivity contribution in [3.05, 3.63) is 54.1 Å². The van der Waals surface area contributed by atoms with E-state index in [-0.39, 0.29) is 62.7 Å². The van der Waals surface area contributed by atoms with Crippen LogP contribution in [-0.4, -0.2) is 87.4 Å². The number of aliphatic hydroxyl groups is 1. The molecule has 9 N–H and O–H groups in total. The lowest BCUT2D eigenvalue weighted by Gasteiger charge is -2.23. The fourth-order valence-corrected chi connectivity index (χ4v) is 7.05. The highest BCUT2D eigenvalue weighted by Gasteiger charge is 2.31. The maximum Gasteiger partial charge on any atom is 0.224 e. The Bertz CT molecular complexity index is 1580. The molecule has 0 fully saturated rings. The summed E-state index contributed by atoms with van der Waals surface area (Å²) in [5.41, 5.74) is 12.2. The molecule has 2 aromatic rings. The molecule has 0 aliphatic heterocycles. The van der Waals surface area contributed by atoms with Gasteiger partial charge in [0.1, 0.15) is 6.04 Å². The number of H-pyrrole nitrogens is 1. The van der Waals surface area contributed by atoms with Crippen molar-refractivity contribution in [3.63, 3.8) is 0 Å². The Hall–Kier alpha value is -4.92. The number of benzene rings is 1. The number of carbonyl (C=O) groups is 6. The smallest absolute Gasteiger partial charge is 0.224 e. The number of nitrogens with zero attached hydrogens (tertiary/aromatic N) is 2. The molecule has 0 aliphatic rings. The Labute approximate surface area is 356 Å². The van der Waals surface area contributed by atoms with Gasteiger partial charge in [-0.15, -0.1) is 0 Å². The van der Waals surface area contributed by atoms with Gasteiger partial charge in [0.2, 0.25) is 17.7 Å². The van der Waals surface area contributed by atoms with Crippen molar-refractivity contribution >= 4 is 41.0 Å². The van der Waals surface area contributed by atoms with Gasteiger partial charge in [0.25, 0.3) is 0 Å². The van der Waals surface area contributed by atoms with E-state index in [1.807, 2.05) is 30.3 Å². The first-order valence-electron chi connectivity index (χ1n) is 22.1. The number of imidazole rings is 1. The second-order valence-corrected chi connectivity index (χ2v) is 15.8. The third-order valence-corrected chi connectivity index (χ3v) is 10.6. The highest BCUT2D eigenvalue weighted by molar-refractivity contribution is 5.95. The fourth-order valence-electron chi connectivity index (χ4n) is 7.05. The van der Waals surface area contributed by atoms with Crippen molar-refractivity contribution in [3.8, 4) is 0 Å². The number of unbranched alkanes of at least 4 members (excludes halogenated alkanes) is 12. The predicted octanol–water partition coefficient (Wildman–Crippen LogP) is 4.69. The monoisotopic (exact) mass is 837 g/mol. The first kappa shape index (κ1) is 51.2. The molecule has 4 atom stereocenters. The molecule has 2 rings (SSSR count). The molecule has 0 spiro atoms. The van der Waals surface area contributed by atoms with Crippen molar-refractivity contribution in [1.29, 1.82) is 0 Å². The normalized spacial score (nSPS) is 13.1. The molecule has 0 aliphatic carbocycles. The van der Waals surface area contributed by atoms with E-state index in [9.17, 15) is 33.9 Å². The van der Waals surface area contributed by atoms with E-state index in [1.165, 1.54) is 77.2 Å². The van der Waals surface area contributed by atoms with Gasteiger partial charge in [-0.3, -0.25) is 33.8 Å². The van der Waals surface area contributed by atoms with Gasteiger partial charge in [0.05, 0.1) is 25.0 Å². The number of aromatic amines is 1. The zero-order valence-electron chi connectivity index (χ0n) is 36.1. The number of aromatic nitrogens is 2. The summed E-state index contributed by atoms with van der Waals surface area (Å²) in [6, 6.07) is 6.13. The first-order valence-corrected chi connectivity index (χ1v) is 22.1. The van der Waals surface area contributed by atoms with Gasteiger partial charge >= 0.3 is 0 Å². The van der Waals surface area contributed by atoms with Crippen LogP contribution >= 0.6 is 0 Å². The minimum Gasteiger partial charge on any atom is -0.394 e. The average molecular weight is 837 g/mol. The Morgan fingerprint density at radius 1 is 0.717 bits per heavy atom. The quantitative estimate of drug-likeness (QED) is 0.0287. The van der Waals surface area contributed by atoms with Gasteiger partial charge in [-0.05, 0) is 38.2 Å². The summed E-state index contributed by atoms with van der Waals surface area (Å²) < 4.78 is 0. The van der Waals surface area contributed by atoms with E-state index < -0.39 is 54.0 Å². The maximum atomic E-state index is 14.0. The number of guanidine groups is 1. The highest BCUT2D eigenvalue weighted by atomic mass is 16.3. The number of nitrogens with two attached hydrogens (primary N) is 2. The fraction of sp³-hybridized carbons (Fsp3) is 0.644. The van der Waals surface area contributed by atoms with Gasteiger partial charge < -0.3 is 37.5 Å². The van der Waals surface area contributed by atoms with Crippen LogP contribution < -0.4 is 27.4 Å². The number of rotatable bonds is 35. The third kappa shape index (κ3) is 23.0. The molecule has 334 valence electrons.